The monoisotopic (exact) mass is 737 g/mol. The predicted octanol–water partition coefficient (Wildman–Crippen LogP) is 6.70. The van der Waals surface area contributed by atoms with Crippen molar-refractivity contribution in [2.75, 3.05) is 26.2 Å². The van der Waals surface area contributed by atoms with Crippen LogP contribution in [-0.2, 0) is 24.6 Å². The van der Waals surface area contributed by atoms with Gasteiger partial charge in [-0.15, -0.1) is 0 Å². The summed E-state index contributed by atoms with van der Waals surface area (Å²) < 4.78 is 11.1. The van der Waals surface area contributed by atoms with Gasteiger partial charge in [0.15, 0.2) is 0 Å². The van der Waals surface area contributed by atoms with Gasteiger partial charge in [-0.1, -0.05) is 0 Å². The van der Waals surface area contributed by atoms with Crippen LogP contribution in [0.25, 0.3) is 16.7 Å². The van der Waals surface area contributed by atoms with Gasteiger partial charge < -0.3 is 0 Å². The molecule has 2 nitrogen and oxygen atoms in total. The molecule has 0 fully saturated rings. The van der Waals surface area contributed by atoms with E-state index in [9.17, 15) is 0 Å². The normalized spacial score (nSPS) is 15.0. The van der Waals surface area contributed by atoms with Crippen molar-refractivity contribution in [1.82, 2.24) is 5.69 Å². The van der Waals surface area contributed by atoms with Gasteiger partial charge in [0.1, 0.15) is 0 Å². The molecule has 0 spiro atoms. The molecule has 1 atom stereocenters. The molecule has 42 heavy (non-hydrogen) atoms. The predicted molar refractivity (Wildman–Crippen MR) is 180 cm³/mol. The number of rotatable bonds is 11. The summed E-state index contributed by atoms with van der Waals surface area (Å²) >= 11 is -6.44. The molecule has 0 radical (unpaired) electrons. The molecule has 0 saturated heterocycles. The van der Waals surface area contributed by atoms with Gasteiger partial charge in [-0.3, -0.25) is 0 Å². The molecule has 0 aromatic heterocycles. The second-order valence-electron chi connectivity index (χ2n) is 11.3. The number of nitrogens with zero attached hydrogens (tertiary/aromatic N) is 2. The van der Waals surface area contributed by atoms with Crippen LogP contribution in [0.3, 0.4) is 0 Å². The Balaban J connectivity index is 1.79. The van der Waals surface area contributed by atoms with Crippen molar-refractivity contribution in [3.8, 4) is 11.1 Å². The summed E-state index contributed by atoms with van der Waals surface area (Å²) in [7, 11) is 0. The van der Waals surface area contributed by atoms with E-state index in [1.54, 1.807) is 16.3 Å². The van der Waals surface area contributed by atoms with Crippen LogP contribution < -0.4 is 10.7 Å². The van der Waals surface area contributed by atoms with E-state index in [1.165, 1.54) is 27.8 Å². The van der Waals surface area contributed by atoms with Gasteiger partial charge in [0.25, 0.3) is 0 Å². The van der Waals surface area contributed by atoms with E-state index in [4.69, 9.17) is 0 Å². The third-order valence-corrected chi connectivity index (χ3v) is 63.3. The van der Waals surface area contributed by atoms with Gasteiger partial charge in [0, 0.05) is 0 Å². The molecule has 0 N–H and O–H groups in total. The standard InChI is InChI=1S/C13H9.C11H9.C6H5.2C4H10N.Sn.Zr/c1-3-7-12-10(5-1)9-11-6-2-4-8-13(11)12;1-2-6-10(7-3-1)11-8-4-5-9-11;1-2-4-6-5-3-1;2*1-3-5-4-2;;/h1-5,7-8H,9H2;1-6,8H,9H2;1-5H;2*3-4H2,1-2H3;;/q;;;2*-1;;+2. The van der Waals surface area contributed by atoms with E-state index in [1.807, 2.05) is 0 Å². The van der Waals surface area contributed by atoms with Gasteiger partial charge in [-0.05, 0) is 0 Å². The molecule has 6 rings (SSSR count). The quantitative estimate of drug-likeness (QED) is 0.139. The van der Waals surface area contributed by atoms with Gasteiger partial charge in [-0.2, -0.15) is 0 Å². The van der Waals surface area contributed by atoms with Crippen molar-refractivity contribution in [2.45, 2.75) is 40.5 Å². The first kappa shape index (κ1) is 30.0. The zero-order valence-corrected chi connectivity index (χ0v) is 30.9. The average Bonchev–Trinajstić information content (AvgIpc) is 3.72. The van der Waals surface area contributed by atoms with Crippen molar-refractivity contribution in [2.24, 2.45) is 0 Å². The summed E-state index contributed by atoms with van der Waals surface area (Å²) in [6.45, 7) is 14.1. The Hall–Kier alpha value is -2.04. The number of benzene rings is 4. The van der Waals surface area contributed by atoms with E-state index >= 15 is 0 Å². The van der Waals surface area contributed by atoms with Gasteiger partial charge in [0.05, 0.1) is 0 Å². The molecule has 2 aliphatic rings. The van der Waals surface area contributed by atoms with Crippen LogP contribution in [0.1, 0.15) is 50.8 Å². The SMILES string of the molecule is CC[N](CC)[Zr]([N](CC)CC)[Sn]([c]1ccccc1)([c]1ccccc1C1=CC=CC1)[c]1cccc2c1Cc1ccccc1-2. The first-order chi connectivity index (χ1) is 20.7. The summed E-state index contributed by atoms with van der Waals surface area (Å²) in [5.41, 5.74) is 9.01. The Morgan fingerprint density at radius 2 is 1.21 bits per heavy atom. The Bertz CT molecular complexity index is 1590. The molecule has 0 heterocycles. The Morgan fingerprint density at radius 1 is 0.619 bits per heavy atom. The fraction of sp³-hybridized carbons (Fsp3) is 0.263. The van der Waals surface area contributed by atoms with E-state index in [0.29, 0.717) is 0 Å². The van der Waals surface area contributed by atoms with Crippen LogP contribution in [0.2, 0.25) is 0 Å². The van der Waals surface area contributed by atoms with Crippen molar-refractivity contribution in [3.05, 3.63) is 132 Å². The molecule has 0 saturated carbocycles. The second kappa shape index (κ2) is 13.3. The van der Waals surface area contributed by atoms with Gasteiger partial charge in [0.2, 0.25) is 0 Å². The fourth-order valence-electron chi connectivity index (χ4n) is 7.48. The van der Waals surface area contributed by atoms with Crippen LogP contribution in [0.5, 0.6) is 0 Å². The fourth-order valence-corrected chi connectivity index (χ4v) is 75.3. The van der Waals surface area contributed by atoms with Crippen LogP contribution in [0.15, 0.2) is 115 Å². The first-order valence-electron chi connectivity index (χ1n) is 15.8. The summed E-state index contributed by atoms with van der Waals surface area (Å²) in [4.78, 5) is 0. The van der Waals surface area contributed by atoms with E-state index in [-0.39, 0.29) is 0 Å². The molecule has 4 aromatic carbocycles. The third kappa shape index (κ3) is 5.09. The molecule has 213 valence electrons. The van der Waals surface area contributed by atoms with Crippen LogP contribution in [-0.4, -0.2) is 45.7 Å². The van der Waals surface area contributed by atoms with Gasteiger partial charge in [-0.25, -0.2) is 0 Å². The second-order valence-corrected chi connectivity index (χ2v) is 44.9. The Morgan fingerprint density at radius 3 is 1.88 bits per heavy atom. The van der Waals surface area contributed by atoms with E-state index < -0.39 is 32.0 Å². The average molecular weight is 738 g/mol. The molecule has 1 unspecified atom stereocenters. The molecule has 4 heteroatoms. The number of hydrogen-bond acceptors (Lipinski definition) is 2. The molecule has 0 amide bonds. The minimum absolute atomic E-state index is 1.03. The molecular formula is C38H43N2SnZr. The van der Waals surface area contributed by atoms with Crippen molar-refractivity contribution >= 4 is 30.1 Å². The molecule has 0 bridgehead atoms. The molecule has 4 aromatic rings. The van der Waals surface area contributed by atoms with Crippen molar-refractivity contribution < 1.29 is 18.2 Å². The number of fused-ring (bicyclic) bond motifs is 3. The number of hydrogen-bond donors (Lipinski definition) is 0. The summed E-state index contributed by atoms with van der Waals surface area (Å²) in [6, 6.07) is 38.1. The zero-order chi connectivity index (χ0) is 29.1. The minimum atomic E-state index is -3.80. The van der Waals surface area contributed by atoms with E-state index in [0.717, 1.165) is 39.0 Å². The maximum atomic E-state index is 3.00. The van der Waals surface area contributed by atoms with Crippen molar-refractivity contribution in [1.29, 1.82) is 0 Å². The molecule has 0 aliphatic heterocycles. The van der Waals surface area contributed by atoms with E-state index in [2.05, 4.69) is 149 Å². The first-order valence-corrected chi connectivity index (χ1v) is 31.9. The topological polar surface area (TPSA) is 6.48 Å². The Kier molecular flexibility index (Phi) is 9.51. The summed E-state index contributed by atoms with van der Waals surface area (Å²) in [5, 5.41) is 0. The summed E-state index contributed by atoms with van der Waals surface area (Å²) in [6.07, 6.45) is 9.05. The molecular weight excluding hydrogens is 694 g/mol. The molecule has 2 aliphatic carbocycles. The van der Waals surface area contributed by atoms with Crippen molar-refractivity contribution in [3.63, 3.8) is 0 Å². The van der Waals surface area contributed by atoms with Gasteiger partial charge >= 0.3 is 264 Å². The third-order valence-electron chi connectivity index (χ3n) is 9.37. The van der Waals surface area contributed by atoms with Crippen LogP contribution in [0, 0.1) is 0 Å². The number of allylic oxidation sites excluding steroid dienone is 4. The Labute approximate surface area is 261 Å². The van der Waals surface area contributed by atoms with Crippen LogP contribution >= 0.6 is 0 Å². The zero-order valence-electron chi connectivity index (χ0n) is 25.6. The summed E-state index contributed by atoms with van der Waals surface area (Å²) in [5.74, 6) is 0. The maximum absolute atomic E-state index is 3.80. The van der Waals surface area contributed by atoms with Crippen LogP contribution in [0.4, 0.5) is 0 Å².